The summed E-state index contributed by atoms with van der Waals surface area (Å²) in [4.78, 5) is 27.4. The molecule has 1 amide bonds. The van der Waals surface area contributed by atoms with Crippen LogP contribution in [0.4, 0.5) is 0 Å². The molecule has 1 atom stereocenters. The highest BCUT2D eigenvalue weighted by Gasteiger charge is 2.37. The monoisotopic (exact) mass is 236 g/mol. The molecule has 0 N–H and O–H groups in total. The Labute approximate surface area is 102 Å². The molecule has 4 heteroatoms. The van der Waals surface area contributed by atoms with Gasteiger partial charge in [0.15, 0.2) is 0 Å². The Bertz CT molecular complexity index is 332. The van der Waals surface area contributed by atoms with E-state index in [2.05, 4.69) is 9.80 Å². The lowest BCUT2D eigenvalue weighted by molar-refractivity contribution is -0.131. The average Bonchev–Trinajstić information content (AvgIpc) is 2.72. The van der Waals surface area contributed by atoms with Gasteiger partial charge in [0.1, 0.15) is 5.78 Å². The number of hydrogen-bond donors (Lipinski definition) is 0. The van der Waals surface area contributed by atoms with Crippen molar-refractivity contribution in [1.29, 1.82) is 0 Å². The van der Waals surface area contributed by atoms with Crippen LogP contribution in [0.1, 0.15) is 38.5 Å². The smallest absolute Gasteiger partial charge is 0.222 e. The number of carbonyl (C=O) groups excluding carboxylic acids is 2. The van der Waals surface area contributed by atoms with Crippen LogP contribution in [0.5, 0.6) is 0 Å². The molecule has 0 aromatic carbocycles. The van der Waals surface area contributed by atoms with Crippen LogP contribution < -0.4 is 0 Å². The third-order valence-corrected chi connectivity index (χ3v) is 4.56. The summed E-state index contributed by atoms with van der Waals surface area (Å²) < 4.78 is 0. The number of fused-ring (bicyclic) bond motifs is 1. The van der Waals surface area contributed by atoms with Crippen LogP contribution in [0.25, 0.3) is 0 Å². The number of Topliss-reactive ketones (excluding diaryl/α,β-unsaturated/α-hetero) is 1. The SMILES string of the molecule is O=C1CCC(N2CCN3C(=O)CCC3C2)CC1. The standard InChI is InChI=1S/C13H20N2O2/c16-12-4-1-10(2-5-12)14-7-8-15-11(9-14)3-6-13(15)17/h10-11H,1-9H2. The second-order valence-corrected chi connectivity index (χ2v) is 5.54. The number of ketones is 1. The van der Waals surface area contributed by atoms with Crippen LogP contribution in [-0.4, -0.2) is 53.2 Å². The molecule has 17 heavy (non-hydrogen) atoms. The molecule has 0 radical (unpaired) electrons. The van der Waals surface area contributed by atoms with E-state index in [1.54, 1.807) is 0 Å². The molecular weight excluding hydrogens is 216 g/mol. The molecule has 0 spiro atoms. The van der Waals surface area contributed by atoms with Crippen molar-refractivity contribution in [1.82, 2.24) is 9.80 Å². The molecule has 2 heterocycles. The van der Waals surface area contributed by atoms with E-state index in [1.807, 2.05) is 0 Å². The topological polar surface area (TPSA) is 40.6 Å². The van der Waals surface area contributed by atoms with Crippen LogP contribution in [0.2, 0.25) is 0 Å². The summed E-state index contributed by atoms with van der Waals surface area (Å²) >= 11 is 0. The highest BCUT2D eigenvalue weighted by atomic mass is 16.2. The van der Waals surface area contributed by atoms with Crippen molar-refractivity contribution in [2.45, 2.75) is 50.6 Å². The van der Waals surface area contributed by atoms with Gasteiger partial charge in [-0.25, -0.2) is 0 Å². The average molecular weight is 236 g/mol. The number of carbonyl (C=O) groups is 2. The molecule has 1 aliphatic carbocycles. The van der Waals surface area contributed by atoms with E-state index in [0.29, 0.717) is 23.8 Å². The van der Waals surface area contributed by atoms with Crippen molar-refractivity contribution in [3.63, 3.8) is 0 Å². The molecule has 0 bridgehead atoms. The van der Waals surface area contributed by atoms with E-state index in [4.69, 9.17) is 0 Å². The van der Waals surface area contributed by atoms with Crippen molar-refractivity contribution in [3.8, 4) is 0 Å². The highest BCUT2D eigenvalue weighted by Crippen LogP contribution is 2.27. The zero-order chi connectivity index (χ0) is 11.8. The van der Waals surface area contributed by atoms with Gasteiger partial charge in [-0.2, -0.15) is 0 Å². The molecule has 2 saturated heterocycles. The van der Waals surface area contributed by atoms with Crippen molar-refractivity contribution < 1.29 is 9.59 Å². The summed E-state index contributed by atoms with van der Waals surface area (Å²) in [7, 11) is 0. The maximum atomic E-state index is 11.6. The van der Waals surface area contributed by atoms with Crippen LogP contribution in [0, 0.1) is 0 Å². The second kappa shape index (κ2) is 4.41. The first kappa shape index (κ1) is 11.2. The van der Waals surface area contributed by atoms with Gasteiger partial charge in [-0.15, -0.1) is 0 Å². The first-order chi connectivity index (χ1) is 8.24. The molecule has 3 aliphatic rings. The quantitative estimate of drug-likeness (QED) is 0.676. The molecule has 2 aliphatic heterocycles. The van der Waals surface area contributed by atoms with E-state index in [-0.39, 0.29) is 0 Å². The molecular formula is C13H20N2O2. The van der Waals surface area contributed by atoms with E-state index < -0.39 is 0 Å². The van der Waals surface area contributed by atoms with Crippen LogP contribution in [0.15, 0.2) is 0 Å². The Kier molecular flexibility index (Phi) is 2.90. The van der Waals surface area contributed by atoms with Gasteiger partial charge in [-0.3, -0.25) is 14.5 Å². The van der Waals surface area contributed by atoms with E-state index in [1.165, 1.54) is 0 Å². The molecule has 0 aromatic heterocycles. The van der Waals surface area contributed by atoms with Crippen molar-refractivity contribution in [2.24, 2.45) is 0 Å². The minimum Gasteiger partial charge on any atom is -0.337 e. The zero-order valence-corrected chi connectivity index (χ0v) is 10.2. The Morgan fingerprint density at radius 2 is 1.59 bits per heavy atom. The van der Waals surface area contributed by atoms with Gasteiger partial charge in [-0.05, 0) is 19.3 Å². The molecule has 94 valence electrons. The lowest BCUT2D eigenvalue weighted by Gasteiger charge is -2.42. The Balaban J connectivity index is 1.59. The van der Waals surface area contributed by atoms with Gasteiger partial charge in [0.05, 0.1) is 0 Å². The maximum absolute atomic E-state index is 11.6. The third kappa shape index (κ3) is 2.10. The molecule has 4 nitrogen and oxygen atoms in total. The first-order valence-corrected chi connectivity index (χ1v) is 6.79. The number of amides is 1. The predicted octanol–water partition coefficient (Wildman–Crippen LogP) is 0.805. The van der Waals surface area contributed by atoms with Gasteiger partial charge in [0, 0.05) is 51.0 Å². The summed E-state index contributed by atoms with van der Waals surface area (Å²) in [6.07, 6.45) is 5.34. The van der Waals surface area contributed by atoms with Gasteiger partial charge in [-0.1, -0.05) is 0 Å². The molecule has 3 fully saturated rings. The number of hydrogen-bond acceptors (Lipinski definition) is 3. The van der Waals surface area contributed by atoms with Gasteiger partial charge >= 0.3 is 0 Å². The lowest BCUT2D eigenvalue weighted by atomic mass is 9.92. The van der Waals surface area contributed by atoms with Gasteiger partial charge in [0.25, 0.3) is 0 Å². The number of piperazine rings is 1. The maximum Gasteiger partial charge on any atom is 0.222 e. The van der Waals surface area contributed by atoms with Crippen molar-refractivity contribution in [2.75, 3.05) is 19.6 Å². The van der Waals surface area contributed by atoms with Crippen molar-refractivity contribution >= 4 is 11.7 Å². The molecule has 1 unspecified atom stereocenters. The third-order valence-electron chi connectivity index (χ3n) is 4.56. The van der Waals surface area contributed by atoms with Gasteiger partial charge in [0.2, 0.25) is 5.91 Å². The largest absolute Gasteiger partial charge is 0.337 e. The predicted molar refractivity (Wildman–Crippen MR) is 63.6 cm³/mol. The molecule has 3 rings (SSSR count). The van der Waals surface area contributed by atoms with Gasteiger partial charge < -0.3 is 4.90 Å². The number of nitrogens with zero attached hydrogens (tertiary/aromatic N) is 2. The fourth-order valence-corrected chi connectivity index (χ4v) is 3.51. The molecule has 1 saturated carbocycles. The van der Waals surface area contributed by atoms with E-state index in [9.17, 15) is 9.59 Å². The summed E-state index contributed by atoms with van der Waals surface area (Å²) in [5.41, 5.74) is 0. The fraction of sp³-hybridized carbons (Fsp3) is 0.846. The van der Waals surface area contributed by atoms with Crippen molar-refractivity contribution in [3.05, 3.63) is 0 Å². The number of rotatable bonds is 1. The normalized spacial score (nSPS) is 32.0. The molecule has 0 aromatic rings. The minimum absolute atomic E-state index is 0.341. The summed E-state index contributed by atoms with van der Waals surface area (Å²) in [6.45, 7) is 2.93. The van der Waals surface area contributed by atoms with Crippen LogP contribution in [0.3, 0.4) is 0 Å². The lowest BCUT2D eigenvalue weighted by Crippen LogP contribution is -2.55. The summed E-state index contributed by atoms with van der Waals surface area (Å²) in [5, 5.41) is 0. The zero-order valence-electron chi connectivity index (χ0n) is 10.2. The first-order valence-electron chi connectivity index (χ1n) is 6.79. The fourth-order valence-electron chi connectivity index (χ4n) is 3.51. The minimum atomic E-state index is 0.341. The van der Waals surface area contributed by atoms with E-state index >= 15 is 0 Å². The van der Waals surface area contributed by atoms with Crippen LogP contribution in [-0.2, 0) is 9.59 Å². The Morgan fingerprint density at radius 1 is 0.882 bits per heavy atom. The summed E-state index contributed by atoms with van der Waals surface area (Å²) in [6, 6.07) is 1.04. The summed E-state index contributed by atoms with van der Waals surface area (Å²) in [5.74, 6) is 0.768. The van der Waals surface area contributed by atoms with Crippen LogP contribution >= 0.6 is 0 Å². The Morgan fingerprint density at radius 3 is 2.35 bits per heavy atom. The second-order valence-electron chi connectivity index (χ2n) is 5.54. The van der Waals surface area contributed by atoms with E-state index in [0.717, 1.165) is 58.2 Å². The highest BCUT2D eigenvalue weighted by molar-refractivity contribution is 5.79. The Hall–Kier alpha value is -0.900.